The molecule has 126 valence electrons. The molecule has 1 N–H and O–H groups in total. The molecule has 0 spiro atoms. The highest BCUT2D eigenvalue weighted by Crippen LogP contribution is 2.25. The van der Waals surface area contributed by atoms with Gasteiger partial charge in [0.2, 0.25) is 0 Å². The van der Waals surface area contributed by atoms with Gasteiger partial charge in [0, 0.05) is 24.8 Å². The summed E-state index contributed by atoms with van der Waals surface area (Å²) in [6, 6.07) is 1.36. The first kappa shape index (κ1) is 17.2. The topological polar surface area (TPSA) is 77.4 Å². The van der Waals surface area contributed by atoms with Crippen LogP contribution in [0.2, 0.25) is 0 Å². The van der Waals surface area contributed by atoms with E-state index in [4.69, 9.17) is 4.74 Å². The van der Waals surface area contributed by atoms with Gasteiger partial charge in [0.1, 0.15) is 5.69 Å². The average Bonchev–Trinajstić information content (AvgIpc) is 2.76. The number of ether oxygens (including phenoxy) is 1. The third-order valence-electron chi connectivity index (χ3n) is 4.48. The van der Waals surface area contributed by atoms with E-state index >= 15 is 0 Å². The van der Waals surface area contributed by atoms with Crippen LogP contribution in [0.25, 0.3) is 0 Å². The molecule has 0 aliphatic heterocycles. The first-order chi connectivity index (χ1) is 10.9. The van der Waals surface area contributed by atoms with E-state index in [1.54, 1.807) is 23.9 Å². The Kier molecular flexibility index (Phi) is 5.58. The lowest BCUT2D eigenvalue weighted by Crippen LogP contribution is -2.43. The summed E-state index contributed by atoms with van der Waals surface area (Å²) in [5, 5.41) is 2.96. The van der Waals surface area contributed by atoms with Gasteiger partial charge in [-0.1, -0.05) is 19.3 Å². The lowest BCUT2D eigenvalue weighted by Gasteiger charge is -2.24. The smallest absolute Gasteiger partial charge is 0.310 e. The number of methoxy groups -OCH3 is 1. The van der Waals surface area contributed by atoms with Crippen molar-refractivity contribution in [3.63, 3.8) is 0 Å². The van der Waals surface area contributed by atoms with Crippen LogP contribution in [0.4, 0.5) is 0 Å². The van der Waals surface area contributed by atoms with Crippen molar-refractivity contribution in [2.75, 3.05) is 7.11 Å². The summed E-state index contributed by atoms with van der Waals surface area (Å²) in [5.41, 5.74) is 0.922. The van der Waals surface area contributed by atoms with E-state index in [1.165, 1.54) is 14.0 Å². The zero-order valence-electron chi connectivity index (χ0n) is 13.9. The van der Waals surface area contributed by atoms with E-state index in [0.29, 0.717) is 11.3 Å². The molecule has 1 amide bonds. The fourth-order valence-electron chi connectivity index (χ4n) is 3.14. The van der Waals surface area contributed by atoms with Gasteiger partial charge in [0.05, 0.1) is 13.0 Å². The molecule has 6 nitrogen and oxygen atoms in total. The van der Waals surface area contributed by atoms with Crippen LogP contribution in [0.15, 0.2) is 12.3 Å². The molecule has 0 unspecified atom stereocenters. The average molecular weight is 320 g/mol. The molecular formula is C17H24N2O4. The van der Waals surface area contributed by atoms with Crippen LogP contribution in [0, 0.1) is 5.92 Å². The third-order valence-corrected chi connectivity index (χ3v) is 4.48. The molecule has 0 radical (unpaired) electrons. The maximum atomic E-state index is 12.5. The van der Waals surface area contributed by atoms with E-state index in [2.05, 4.69) is 5.32 Å². The van der Waals surface area contributed by atoms with Crippen LogP contribution in [-0.4, -0.2) is 35.4 Å². The van der Waals surface area contributed by atoms with Crippen molar-refractivity contribution in [2.45, 2.75) is 45.1 Å². The quantitative estimate of drug-likeness (QED) is 0.523. The number of ketones is 1. The Hall–Kier alpha value is -2.11. The van der Waals surface area contributed by atoms with E-state index in [9.17, 15) is 14.4 Å². The van der Waals surface area contributed by atoms with Crippen molar-refractivity contribution in [3.05, 3.63) is 23.5 Å². The second-order valence-corrected chi connectivity index (χ2v) is 6.13. The molecule has 1 saturated carbocycles. The highest BCUT2D eigenvalue weighted by atomic mass is 16.5. The van der Waals surface area contributed by atoms with Crippen LogP contribution >= 0.6 is 0 Å². The lowest BCUT2D eigenvalue weighted by atomic mass is 9.94. The van der Waals surface area contributed by atoms with Crippen molar-refractivity contribution in [1.82, 2.24) is 9.88 Å². The summed E-state index contributed by atoms with van der Waals surface area (Å²) < 4.78 is 6.52. The van der Waals surface area contributed by atoms with Gasteiger partial charge >= 0.3 is 5.97 Å². The van der Waals surface area contributed by atoms with Crippen molar-refractivity contribution < 1.29 is 19.1 Å². The minimum atomic E-state index is -0.306. The molecule has 0 bridgehead atoms. The van der Waals surface area contributed by atoms with Crippen LogP contribution in [0.5, 0.6) is 0 Å². The molecule has 0 saturated heterocycles. The second-order valence-electron chi connectivity index (χ2n) is 6.13. The van der Waals surface area contributed by atoms with Crippen LogP contribution in [-0.2, 0) is 16.6 Å². The van der Waals surface area contributed by atoms with E-state index in [1.807, 2.05) is 0 Å². The number of carbonyl (C=O) groups excluding carboxylic acids is 3. The van der Waals surface area contributed by atoms with Crippen molar-refractivity contribution in [2.24, 2.45) is 13.0 Å². The molecule has 0 aromatic carbocycles. The number of aromatic nitrogens is 1. The molecule has 6 heteroatoms. The van der Waals surface area contributed by atoms with Gasteiger partial charge in [-0.2, -0.15) is 0 Å². The number of aryl methyl sites for hydroxylation is 1. The van der Waals surface area contributed by atoms with Gasteiger partial charge in [-0.05, 0) is 25.8 Å². The summed E-state index contributed by atoms with van der Waals surface area (Å²) in [6.07, 6.45) is 6.12. The lowest BCUT2D eigenvalue weighted by molar-refractivity contribution is -0.146. The molecule has 1 heterocycles. The molecule has 1 aromatic heterocycles. The highest BCUT2D eigenvalue weighted by molar-refractivity contribution is 5.99. The SMILES string of the molecule is COC(=O)[C@H]1CCCCC[C@H]1NC(=O)c1cc(C(C)=O)cn1C. The molecule has 1 fully saturated rings. The van der Waals surface area contributed by atoms with E-state index in [-0.39, 0.29) is 29.6 Å². The number of hydrogen-bond acceptors (Lipinski definition) is 4. The fourth-order valence-corrected chi connectivity index (χ4v) is 3.14. The fraction of sp³-hybridized carbons (Fsp3) is 0.588. The number of rotatable bonds is 4. The summed E-state index contributed by atoms with van der Waals surface area (Å²) in [6.45, 7) is 1.47. The predicted molar refractivity (Wildman–Crippen MR) is 85.3 cm³/mol. The van der Waals surface area contributed by atoms with Crippen molar-refractivity contribution in [1.29, 1.82) is 0 Å². The van der Waals surface area contributed by atoms with Crippen LogP contribution in [0.1, 0.15) is 59.9 Å². The Morgan fingerprint density at radius 1 is 1.22 bits per heavy atom. The molecule has 1 aliphatic carbocycles. The van der Waals surface area contributed by atoms with Gasteiger partial charge in [-0.15, -0.1) is 0 Å². The maximum absolute atomic E-state index is 12.5. The summed E-state index contributed by atoms with van der Waals surface area (Å²) in [5.74, 6) is -0.921. The number of carbonyl (C=O) groups is 3. The van der Waals surface area contributed by atoms with Gasteiger partial charge < -0.3 is 14.6 Å². The zero-order chi connectivity index (χ0) is 17.0. The number of Topliss-reactive ketones (excluding diaryl/α,β-unsaturated/α-hetero) is 1. The second kappa shape index (κ2) is 7.44. The first-order valence-electron chi connectivity index (χ1n) is 8.00. The van der Waals surface area contributed by atoms with Crippen LogP contribution < -0.4 is 5.32 Å². The van der Waals surface area contributed by atoms with Crippen molar-refractivity contribution >= 4 is 17.7 Å². The summed E-state index contributed by atoms with van der Waals surface area (Å²) >= 11 is 0. The largest absolute Gasteiger partial charge is 0.469 e. The first-order valence-corrected chi connectivity index (χ1v) is 8.00. The van der Waals surface area contributed by atoms with Gasteiger partial charge in [0.15, 0.2) is 5.78 Å². The molecule has 2 atom stereocenters. The molecule has 23 heavy (non-hydrogen) atoms. The number of esters is 1. The highest BCUT2D eigenvalue weighted by Gasteiger charge is 2.32. The molecule has 1 aliphatic rings. The number of nitrogens with one attached hydrogen (secondary N) is 1. The third kappa shape index (κ3) is 4.00. The molecule has 1 aromatic rings. The summed E-state index contributed by atoms with van der Waals surface area (Å²) in [4.78, 5) is 36.0. The number of nitrogens with zero attached hydrogens (tertiary/aromatic N) is 1. The predicted octanol–water partition coefficient (Wildman–Crippen LogP) is 2.08. The van der Waals surface area contributed by atoms with Gasteiger partial charge in [-0.3, -0.25) is 14.4 Å². The normalized spacial score (nSPS) is 21.3. The minimum absolute atomic E-state index is 0.0819. The van der Waals surface area contributed by atoms with E-state index < -0.39 is 0 Å². The standard InChI is InChI=1S/C17H24N2O4/c1-11(20)12-9-15(19(2)10-12)16(21)18-14-8-6-4-5-7-13(14)17(22)23-3/h9-10,13-14H,4-8H2,1-3H3,(H,18,21)/t13-,14+/m0/s1. The number of amides is 1. The van der Waals surface area contributed by atoms with Crippen molar-refractivity contribution in [3.8, 4) is 0 Å². The Morgan fingerprint density at radius 3 is 2.52 bits per heavy atom. The monoisotopic (exact) mass is 320 g/mol. The van der Waals surface area contributed by atoms with Gasteiger partial charge in [-0.25, -0.2) is 0 Å². The number of hydrogen-bond donors (Lipinski definition) is 1. The Bertz CT molecular complexity index is 606. The zero-order valence-corrected chi connectivity index (χ0v) is 13.9. The maximum Gasteiger partial charge on any atom is 0.310 e. The Balaban J connectivity index is 2.16. The van der Waals surface area contributed by atoms with Crippen LogP contribution in [0.3, 0.4) is 0 Å². The Labute approximate surface area is 136 Å². The minimum Gasteiger partial charge on any atom is -0.469 e. The summed E-state index contributed by atoms with van der Waals surface area (Å²) in [7, 11) is 3.11. The molecule has 2 rings (SSSR count). The Morgan fingerprint density at radius 2 is 1.91 bits per heavy atom. The van der Waals surface area contributed by atoms with E-state index in [0.717, 1.165) is 32.1 Å². The molecular weight excluding hydrogens is 296 g/mol. The van der Waals surface area contributed by atoms with Gasteiger partial charge in [0.25, 0.3) is 5.91 Å².